The summed E-state index contributed by atoms with van der Waals surface area (Å²) in [5.74, 6) is 1.55. The number of thiocarbonyl (C=S) groups is 1. The summed E-state index contributed by atoms with van der Waals surface area (Å²) in [6.45, 7) is 10.9. The molecule has 0 fully saturated rings. The molecule has 0 atom stereocenters. The summed E-state index contributed by atoms with van der Waals surface area (Å²) in [6, 6.07) is 7.62. The summed E-state index contributed by atoms with van der Waals surface area (Å²) in [4.78, 5) is 4.54. The van der Waals surface area contributed by atoms with Gasteiger partial charge in [-0.05, 0) is 69.0 Å². The van der Waals surface area contributed by atoms with Crippen LogP contribution >= 0.6 is 23.8 Å². The van der Waals surface area contributed by atoms with Crippen molar-refractivity contribution in [2.45, 2.75) is 33.7 Å². The summed E-state index contributed by atoms with van der Waals surface area (Å²) in [5, 5.41) is 4.63. The predicted molar refractivity (Wildman–Crippen MR) is 120 cm³/mol. The van der Waals surface area contributed by atoms with Crippen LogP contribution < -0.4 is 10.1 Å². The van der Waals surface area contributed by atoms with Gasteiger partial charge in [0.05, 0.1) is 25.6 Å². The van der Waals surface area contributed by atoms with Gasteiger partial charge in [-0.25, -0.2) is 0 Å². The quantitative estimate of drug-likeness (QED) is 0.531. The Bertz CT molecular complexity index is 748. The third-order valence-electron chi connectivity index (χ3n) is 4.73. The Labute approximate surface area is 178 Å². The summed E-state index contributed by atoms with van der Waals surface area (Å²) in [5.41, 5.74) is 1.77. The molecule has 5 nitrogen and oxygen atoms in total. The van der Waals surface area contributed by atoms with Gasteiger partial charge in [-0.15, -0.1) is 0 Å². The van der Waals surface area contributed by atoms with Crippen molar-refractivity contribution in [2.24, 2.45) is 0 Å². The van der Waals surface area contributed by atoms with Gasteiger partial charge in [0.25, 0.3) is 0 Å². The molecule has 1 aromatic heterocycles. The fourth-order valence-corrected chi connectivity index (χ4v) is 3.41. The smallest absolute Gasteiger partial charge is 0.173 e. The number of nitrogens with zero attached hydrogens (tertiary/aromatic N) is 2. The molecule has 0 aliphatic carbocycles. The summed E-state index contributed by atoms with van der Waals surface area (Å²) in [7, 11) is 1.62. The molecule has 0 aliphatic rings. The lowest BCUT2D eigenvalue weighted by molar-refractivity contribution is 0.276. The minimum atomic E-state index is 0.617. The molecule has 0 spiro atoms. The van der Waals surface area contributed by atoms with E-state index in [-0.39, 0.29) is 0 Å². The third-order valence-corrected chi connectivity index (χ3v) is 5.50. The van der Waals surface area contributed by atoms with E-state index in [1.54, 1.807) is 19.4 Å². The molecule has 2 aromatic rings. The maximum atomic E-state index is 6.22. The highest BCUT2D eigenvalue weighted by Crippen LogP contribution is 2.31. The van der Waals surface area contributed by atoms with E-state index in [1.165, 1.54) is 0 Å². The molecule has 0 amide bonds. The molecule has 1 N–H and O–H groups in total. The van der Waals surface area contributed by atoms with Crippen molar-refractivity contribution in [3.8, 4) is 5.75 Å². The molecule has 1 heterocycles. The largest absolute Gasteiger partial charge is 0.495 e. The summed E-state index contributed by atoms with van der Waals surface area (Å²) in [6.07, 6.45) is 2.70. The third kappa shape index (κ3) is 6.40. The van der Waals surface area contributed by atoms with Crippen molar-refractivity contribution < 1.29 is 9.15 Å². The van der Waals surface area contributed by atoms with Gasteiger partial charge in [0.15, 0.2) is 5.11 Å². The standard InChI is InChI=1S/C21H30ClN3O2S/c1-5-24(6-2)10-8-11-25(15-17-9-7-12-27-17)21(28)23-19-13-16(3)18(22)14-20(19)26-4/h7,9,12-14H,5-6,8,10-11,15H2,1-4H3,(H,23,28). The van der Waals surface area contributed by atoms with Gasteiger partial charge in [0.1, 0.15) is 11.5 Å². The highest BCUT2D eigenvalue weighted by molar-refractivity contribution is 7.80. The molecule has 1 aromatic carbocycles. The average Bonchev–Trinajstić information content (AvgIpc) is 3.20. The number of benzene rings is 1. The van der Waals surface area contributed by atoms with Crippen LogP contribution in [0.3, 0.4) is 0 Å². The van der Waals surface area contributed by atoms with E-state index >= 15 is 0 Å². The van der Waals surface area contributed by atoms with Crippen molar-refractivity contribution in [2.75, 3.05) is 38.6 Å². The van der Waals surface area contributed by atoms with Crippen LogP contribution in [0.4, 0.5) is 5.69 Å². The first-order valence-electron chi connectivity index (χ1n) is 9.63. The molecule has 2 rings (SSSR count). The maximum absolute atomic E-state index is 6.22. The van der Waals surface area contributed by atoms with Crippen molar-refractivity contribution >= 4 is 34.6 Å². The van der Waals surface area contributed by atoms with Gasteiger partial charge in [-0.3, -0.25) is 0 Å². The van der Waals surface area contributed by atoms with E-state index in [9.17, 15) is 0 Å². The second kappa shape index (κ2) is 11.3. The number of anilines is 1. The van der Waals surface area contributed by atoms with Crippen molar-refractivity contribution in [3.05, 3.63) is 46.9 Å². The highest BCUT2D eigenvalue weighted by atomic mass is 35.5. The fourth-order valence-electron chi connectivity index (χ4n) is 2.99. The van der Waals surface area contributed by atoms with E-state index in [2.05, 4.69) is 29.0 Å². The molecule has 0 aliphatic heterocycles. The average molecular weight is 424 g/mol. The van der Waals surface area contributed by atoms with Crippen LogP contribution in [0.15, 0.2) is 34.9 Å². The Morgan fingerprint density at radius 3 is 2.61 bits per heavy atom. The molecule has 0 bridgehead atoms. The fraction of sp³-hybridized carbons (Fsp3) is 0.476. The van der Waals surface area contributed by atoms with Crippen LogP contribution in [0.25, 0.3) is 0 Å². The van der Waals surface area contributed by atoms with Gasteiger partial charge in [-0.1, -0.05) is 25.4 Å². The molecule has 0 saturated carbocycles. The number of furan rings is 1. The molecule has 0 unspecified atom stereocenters. The number of hydrogen-bond acceptors (Lipinski definition) is 4. The van der Waals surface area contributed by atoms with Gasteiger partial charge >= 0.3 is 0 Å². The van der Waals surface area contributed by atoms with Gasteiger partial charge < -0.3 is 24.3 Å². The van der Waals surface area contributed by atoms with Crippen LogP contribution in [0, 0.1) is 6.92 Å². The lowest BCUT2D eigenvalue weighted by Gasteiger charge is -2.27. The zero-order valence-electron chi connectivity index (χ0n) is 17.1. The normalized spacial score (nSPS) is 10.9. The number of rotatable bonds is 10. The Morgan fingerprint density at radius 1 is 1.25 bits per heavy atom. The highest BCUT2D eigenvalue weighted by Gasteiger charge is 2.15. The number of hydrogen-bond donors (Lipinski definition) is 1. The lowest BCUT2D eigenvalue weighted by atomic mass is 10.2. The SMILES string of the molecule is CCN(CC)CCCN(Cc1ccco1)C(=S)Nc1cc(C)c(Cl)cc1OC. The first-order chi connectivity index (χ1) is 13.5. The molecular formula is C21H30ClN3O2S. The summed E-state index contributed by atoms with van der Waals surface area (Å²) < 4.78 is 11.0. The zero-order chi connectivity index (χ0) is 20.5. The Kier molecular flexibility index (Phi) is 9.09. The second-order valence-corrected chi connectivity index (χ2v) is 7.41. The second-order valence-electron chi connectivity index (χ2n) is 6.61. The van der Waals surface area contributed by atoms with Gasteiger partial charge in [-0.2, -0.15) is 0 Å². The Hall–Kier alpha value is -1.76. The monoisotopic (exact) mass is 423 g/mol. The number of ether oxygens (including phenoxy) is 1. The molecule has 0 radical (unpaired) electrons. The number of aryl methyl sites for hydroxylation is 1. The van der Waals surface area contributed by atoms with E-state index in [1.807, 2.05) is 25.1 Å². The molecule has 28 heavy (non-hydrogen) atoms. The number of nitrogens with one attached hydrogen (secondary N) is 1. The lowest BCUT2D eigenvalue weighted by Crippen LogP contribution is -2.36. The predicted octanol–water partition coefficient (Wildman–Crippen LogP) is 5.18. The topological polar surface area (TPSA) is 40.9 Å². The Morgan fingerprint density at radius 2 is 2.00 bits per heavy atom. The molecule has 7 heteroatoms. The zero-order valence-corrected chi connectivity index (χ0v) is 18.7. The van der Waals surface area contributed by atoms with Crippen LogP contribution in [-0.2, 0) is 6.54 Å². The van der Waals surface area contributed by atoms with Crippen LogP contribution in [0.5, 0.6) is 5.75 Å². The summed E-state index contributed by atoms with van der Waals surface area (Å²) >= 11 is 11.9. The van der Waals surface area contributed by atoms with Crippen LogP contribution in [0.2, 0.25) is 5.02 Å². The van der Waals surface area contributed by atoms with Gasteiger partial charge in [0.2, 0.25) is 0 Å². The van der Waals surface area contributed by atoms with Crippen LogP contribution in [-0.4, -0.2) is 48.2 Å². The molecular weight excluding hydrogens is 394 g/mol. The number of halogens is 1. The molecule has 154 valence electrons. The van der Waals surface area contributed by atoms with Crippen LogP contribution in [0.1, 0.15) is 31.6 Å². The van der Waals surface area contributed by atoms with E-state index < -0.39 is 0 Å². The first kappa shape index (κ1) is 22.5. The minimum Gasteiger partial charge on any atom is -0.495 e. The first-order valence-corrected chi connectivity index (χ1v) is 10.4. The van der Waals surface area contributed by atoms with Crippen molar-refractivity contribution in [3.63, 3.8) is 0 Å². The van der Waals surface area contributed by atoms with Gasteiger partial charge in [0, 0.05) is 17.6 Å². The van der Waals surface area contributed by atoms with E-state index in [0.717, 1.165) is 49.6 Å². The minimum absolute atomic E-state index is 0.617. The van der Waals surface area contributed by atoms with E-state index in [4.69, 9.17) is 33.0 Å². The van der Waals surface area contributed by atoms with E-state index in [0.29, 0.717) is 22.4 Å². The maximum Gasteiger partial charge on any atom is 0.173 e. The number of methoxy groups -OCH3 is 1. The van der Waals surface area contributed by atoms with Crippen molar-refractivity contribution in [1.82, 2.24) is 9.80 Å². The van der Waals surface area contributed by atoms with Crippen molar-refractivity contribution in [1.29, 1.82) is 0 Å². The molecule has 0 saturated heterocycles. The Balaban J connectivity index is 2.10.